The van der Waals surface area contributed by atoms with Crippen molar-refractivity contribution < 1.29 is 4.79 Å². The molecular weight excluding hydrogens is 343 g/mol. The smallest absolute Gasteiger partial charge is 0.244 e. The van der Waals surface area contributed by atoms with Crippen LogP contribution in [-0.4, -0.2) is 29.9 Å². The van der Waals surface area contributed by atoms with E-state index in [1.54, 1.807) is 17.0 Å². The lowest BCUT2D eigenvalue weighted by Crippen LogP contribution is -2.55. The summed E-state index contributed by atoms with van der Waals surface area (Å²) >= 11 is 12.1. The van der Waals surface area contributed by atoms with Crippen molar-refractivity contribution in [3.05, 3.63) is 63.6 Å². The molecule has 126 valence electrons. The summed E-state index contributed by atoms with van der Waals surface area (Å²) in [5, 5.41) is 0.969. The fourth-order valence-corrected chi connectivity index (χ4v) is 3.34. The Kier molecular flexibility index (Phi) is 5.14. The second-order valence-corrected chi connectivity index (χ2v) is 6.98. The largest absolute Gasteiger partial charge is 0.310 e. The molecule has 5 heteroatoms. The minimum Gasteiger partial charge on any atom is -0.310 e. The maximum Gasteiger partial charge on any atom is 0.244 e. The van der Waals surface area contributed by atoms with Gasteiger partial charge >= 0.3 is 0 Å². The summed E-state index contributed by atoms with van der Waals surface area (Å²) < 4.78 is 0. The van der Waals surface area contributed by atoms with Crippen LogP contribution in [0.2, 0.25) is 10.0 Å². The Morgan fingerprint density at radius 3 is 2.54 bits per heavy atom. The van der Waals surface area contributed by atoms with Crippen molar-refractivity contribution in [1.82, 2.24) is 4.90 Å². The number of halogens is 2. The molecule has 3 nitrogen and oxygen atoms in total. The van der Waals surface area contributed by atoms with E-state index in [2.05, 4.69) is 24.0 Å². The van der Waals surface area contributed by atoms with Gasteiger partial charge in [-0.2, -0.15) is 0 Å². The van der Waals surface area contributed by atoms with E-state index in [4.69, 9.17) is 23.2 Å². The summed E-state index contributed by atoms with van der Waals surface area (Å²) in [6, 6.07) is 13.5. The maximum absolute atomic E-state index is 12.8. The number of benzene rings is 2. The van der Waals surface area contributed by atoms with Crippen LogP contribution in [0.3, 0.4) is 0 Å². The molecule has 2 aromatic rings. The van der Waals surface area contributed by atoms with E-state index in [0.29, 0.717) is 16.6 Å². The first-order valence-electron chi connectivity index (χ1n) is 8.02. The van der Waals surface area contributed by atoms with Gasteiger partial charge in [0.1, 0.15) is 0 Å². The predicted octanol–water partition coefficient (Wildman–Crippen LogP) is 4.54. The van der Waals surface area contributed by atoms with Gasteiger partial charge in [0.15, 0.2) is 0 Å². The Morgan fingerprint density at radius 1 is 1.08 bits per heavy atom. The van der Waals surface area contributed by atoms with Crippen LogP contribution >= 0.6 is 23.2 Å². The van der Waals surface area contributed by atoms with E-state index in [9.17, 15) is 4.79 Å². The van der Waals surface area contributed by atoms with Gasteiger partial charge in [-0.05, 0) is 43.2 Å². The molecule has 0 N–H and O–H groups in total. The Labute approximate surface area is 152 Å². The van der Waals surface area contributed by atoms with Crippen LogP contribution in [0.4, 0.5) is 5.69 Å². The van der Waals surface area contributed by atoms with Gasteiger partial charge in [-0.1, -0.05) is 47.5 Å². The zero-order valence-electron chi connectivity index (χ0n) is 13.8. The quantitative estimate of drug-likeness (QED) is 0.799. The number of carbonyl (C=O) groups is 1. The van der Waals surface area contributed by atoms with Crippen LogP contribution in [0.15, 0.2) is 42.5 Å². The van der Waals surface area contributed by atoms with Crippen molar-refractivity contribution in [1.29, 1.82) is 0 Å². The highest BCUT2D eigenvalue weighted by Crippen LogP contribution is 2.29. The van der Waals surface area contributed by atoms with Crippen molar-refractivity contribution in [2.45, 2.75) is 26.4 Å². The molecule has 1 amide bonds. The highest BCUT2D eigenvalue weighted by molar-refractivity contribution is 6.42. The van der Waals surface area contributed by atoms with E-state index in [1.807, 2.05) is 25.1 Å². The normalized spacial score (nSPS) is 18.9. The SMILES string of the molecule is Cc1ccccc1CN1CCN(c2ccc(Cl)c(Cl)c2)C(=O)[C@@H]1C. The van der Waals surface area contributed by atoms with Gasteiger partial charge in [-0.15, -0.1) is 0 Å². The average molecular weight is 363 g/mol. The minimum absolute atomic E-state index is 0.0909. The van der Waals surface area contributed by atoms with Crippen molar-refractivity contribution in [2.75, 3.05) is 18.0 Å². The number of amides is 1. The summed E-state index contributed by atoms with van der Waals surface area (Å²) in [4.78, 5) is 16.8. The molecule has 1 heterocycles. The number of nitrogens with zero attached hydrogens (tertiary/aromatic N) is 2. The molecular formula is C19H20Cl2N2O. The molecule has 24 heavy (non-hydrogen) atoms. The zero-order valence-corrected chi connectivity index (χ0v) is 15.3. The Balaban J connectivity index is 1.76. The lowest BCUT2D eigenvalue weighted by atomic mass is 10.1. The van der Waals surface area contributed by atoms with E-state index < -0.39 is 0 Å². The minimum atomic E-state index is -0.173. The Bertz CT molecular complexity index is 763. The number of hydrogen-bond acceptors (Lipinski definition) is 2. The number of aryl methyl sites for hydroxylation is 1. The van der Waals surface area contributed by atoms with Gasteiger partial charge in [0.05, 0.1) is 16.1 Å². The van der Waals surface area contributed by atoms with Gasteiger partial charge in [0, 0.05) is 25.3 Å². The molecule has 1 saturated heterocycles. The number of hydrogen-bond donors (Lipinski definition) is 0. The highest BCUT2D eigenvalue weighted by Gasteiger charge is 2.32. The standard InChI is InChI=1S/C19H20Cl2N2O/c1-13-5-3-4-6-15(13)12-22-9-10-23(19(24)14(22)2)16-7-8-17(20)18(21)11-16/h3-8,11,14H,9-10,12H2,1-2H3/t14-/m0/s1. The van der Waals surface area contributed by atoms with Gasteiger partial charge in [-0.3, -0.25) is 9.69 Å². The van der Waals surface area contributed by atoms with E-state index in [0.717, 1.165) is 18.8 Å². The van der Waals surface area contributed by atoms with Crippen molar-refractivity contribution in [3.8, 4) is 0 Å². The number of anilines is 1. The van der Waals surface area contributed by atoms with Crippen LogP contribution in [0, 0.1) is 6.92 Å². The average Bonchev–Trinajstić information content (AvgIpc) is 2.57. The van der Waals surface area contributed by atoms with Crippen molar-refractivity contribution in [2.24, 2.45) is 0 Å². The third kappa shape index (κ3) is 3.44. The van der Waals surface area contributed by atoms with Gasteiger partial charge < -0.3 is 4.90 Å². The fourth-order valence-electron chi connectivity index (χ4n) is 3.05. The fraction of sp³-hybridized carbons (Fsp3) is 0.316. The second kappa shape index (κ2) is 7.14. The Morgan fingerprint density at radius 2 is 1.83 bits per heavy atom. The summed E-state index contributed by atoms with van der Waals surface area (Å²) in [6.45, 7) is 6.32. The topological polar surface area (TPSA) is 23.6 Å². The van der Waals surface area contributed by atoms with Crippen molar-refractivity contribution in [3.63, 3.8) is 0 Å². The molecule has 0 aromatic heterocycles. The molecule has 0 saturated carbocycles. The lowest BCUT2D eigenvalue weighted by molar-refractivity contribution is -0.125. The third-order valence-corrected chi connectivity index (χ3v) is 5.37. The summed E-state index contributed by atoms with van der Waals surface area (Å²) in [5.74, 6) is 0.0909. The summed E-state index contributed by atoms with van der Waals surface area (Å²) in [5.41, 5.74) is 3.32. The molecule has 1 aliphatic heterocycles. The number of piperazine rings is 1. The molecule has 1 atom stereocenters. The number of carbonyl (C=O) groups excluding carboxylic acids is 1. The summed E-state index contributed by atoms with van der Waals surface area (Å²) in [7, 11) is 0. The van der Waals surface area contributed by atoms with Crippen LogP contribution in [-0.2, 0) is 11.3 Å². The summed E-state index contributed by atoms with van der Waals surface area (Å²) in [6.07, 6.45) is 0. The van der Waals surface area contributed by atoms with Crippen LogP contribution < -0.4 is 4.90 Å². The molecule has 1 aliphatic rings. The van der Waals surface area contributed by atoms with E-state index >= 15 is 0 Å². The van der Waals surface area contributed by atoms with Crippen LogP contribution in [0.1, 0.15) is 18.1 Å². The van der Waals surface area contributed by atoms with E-state index in [-0.39, 0.29) is 11.9 Å². The Hall–Kier alpha value is -1.55. The van der Waals surface area contributed by atoms with E-state index in [1.165, 1.54) is 11.1 Å². The third-order valence-electron chi connectivity index (χ3n) is 4.63. The monoisotopic (exact) mass is 362 g/mol. The highest BCUT2D eigenvalue weighted by atomic mass is 35.5. The lowest BCUT2D eigenvalue weighted by Gasteiger charge is -2.39. The van der Waals surface area contributed by atoms with Crippen LogP contribution in [0.5, 0.6) is 0 Å². The van der Waals surface area contributed by atoms with Crippen molar-refractivity contribution >= 4 is 34.8 Å². The van der Waals surface area contributed by atoms with Gasteiger partial charge in [-0.25, -0.2) is 0 Å². The van der Waals surface area contributed by atoms with Gasteiger partial charge in [0.25, 0.3) is 0 Å². The first kappa shape index (κ1) is 17.3. The zero-order chi connectivity index (χ0) is 17.3. The molecule has 0 radical (unpaired) electrons. The molecule has 0 spiro atoms. The second-order valence-electron chi connectivity index (χ2n) is 6.16. The maximum atomic E-state index is 12.8. The molecule has 3 rings (SSSR count). The molecule has 0 unspecified atom stereocenters. The molecule has 0 aliphatic carbocycles. The van der Waals surface area contributed by atoms with Gasteiger partial charge in [0.2, 0.25) is 5.91 Å². The van der Waals surface area contributed by atoms with Crippen LogP contribution in [0.25, 0.3) is 0 Å². The number of rotatable bonds is 3. The molecule has 2 aromatic carbocycles. The first-order valence-corrected chi connectivity index (χ1v) is 8.78. The molecule has 1 fully saturated rings. The molecule has 0 bridgehead atoms. The first-order chi connectivity index (χ1) is 11.5. The predicted molar refractivity (Wildman–Crippen MR) is 99.9 cm³/mol.